The Kier molecular flexibility index (Phi) is 3.06. The van der Waals surface area contributed by atoms with Crippen LogP contribution in [0.1, 0.15) is 0 Å². The molecule has 0 spiro atoms. The summed E-state index contributed by atoms with van der Waals surface area (Å²) in [5, 5.41) is 6.35. The van der Waals surface area contributed by atoms with Gasteiger partial charge < -0.3 is 9.17 Å². The minimum atomic E-state index is -0.406. The van der Waals surface area contributed by atoms with Gasteiger partial charge in [0.25, 0.3) is 0 Å². The molecule has 0 heterocycles. The lowest BCUT2D eigenvalue weighted by atomic mass is 14.0. The van der Waals surface area contributed by atoms with E-state index in [-0.39, 0.29) is 0 Å². The highest BCUT2D eigenvalue weighted by Crippen LogP contribution is 1.31. The molecule has 0 amide bonds. The number of rotatable bonds is 1. The zero-order valence-corrected chi connectivity index (χ0v) is 5.64. The molecule has 0 saturated carbocycles. The molecule has 0 aliphatic heterocycles. The van der Waals surface area contributed by atoms with Gasteiger partial charge in [-0.3, -0.25) is 0 Å². The lowest BCUT2D eigenvalue weighted by molar-refractivity contribution is 0.672. The van der Waals surface area contributed by atoms with Gasteiger partial charge in [-0.15, -0.1) is 0 Å². The fourth-order valence-electron chi connectivity index (χ4n) is 0. The SMILES string of the molecule is N=[SiH]O[SiH3]. The molecule has 0 radical (unpaired) electrons. The molecular formula is H5NOSi2. The summed E-state index contributed by atoms with van der Waals surface area (Å²) < 4.78 is 4.43. The van der Waals surface area contributed by atoms with Crippen LogP contribution in [0.2, 0.25) is 0 Å². The van der Waals surface area contributed by atoms with Crippen molar-refractivity contribution in [2.24, 2.45) is 0 Å². The van der Waals surface area contributed by atoms with Crippen LogP contribution in [-0.2, 0) is 4.12 Å². The minimum absolute atomic E-state index is 0.406. The van der Waals surface area contributed by atoms with Crippen molar-refractivity contribution in [1.82, 2.24) is 0 Å². The zero-order valence-electron chi connectivity index (χ0n) is 2.49. The highest BCUT2D eigenvalue weighted by molar-refractivity contribution is 6.21. The predicted octanol–water partition coefficient (Wildman–Crippen LogP) is -1.60. The Morgan fingerprint density at radius 1 is 2.00 bits per heavy atom. The van der Waals surface area contributed by atoms with Gasteiger partial charge in [-0.1, -0.05) is 0 Å². The van der Waals surface area contributed by atoms with Crippen LogP contribution in [0.3, 0.4) is 0 Å². The standard InChI is InChI=1S/H5NOSi2/c1-4-2-3/h1,4H,3H3. The summed E-state index contributed by atoms with van der Waals surface area (Å²) in [6, 6.07) is 0. The van der Waals surface area contributed by atoms with Crippen molar-refractivity contribution in [2.75, 3.05) is 0 Å². The summed E-state index contributed by atoms with van der Waals surface area (Å²) in [5.41, 5.74) is 0. The maximum absolute atomic E-state index is 6.35. The van der Waals surface area contributed by atoms with Crippen molar-refractivity contribution in [2.45, 2.75) is 0 Å². The molecule has 2 nitrogen and oxygen atoms in total. The van der Waals surface area contributed by atoms with Crippen molar-refractivity contribution in [3.05, 3.63) is 0 Å². The maximum atomic E-state index is 6.35. The second kappa shape index (κ2) is 3.03. The third kappa shape index (κ3) is 2.03. The van der Waals surface area contributed by atoms with Gasteiger partial charge in [-0.25, -0.2) is 0 Å². The fraction of sp³-hybridized carbons (Fsp3) is 0. The van der Waals surface area contributed by atoms with E-state index in [1.54, 1.807) is 0 Å². The molecule has 0 aliphatic carbocycles. The first kappa shape index (κ1) is 4.03. The van der Waals surface area contributed by atoms with Crippen LogP contribution in [0, 0.1) is 5.05 Å². The molecule has 4 heavy (non-hydrogen) atoms. The average Bonchev–Trinajstić information content (AvgIpc) is 1.37. The summed E-state index contributed by atoms with van der Waals surface area (Å²) in [7, 11) is 0.333. The Morgan fingerprint density at radius 3 is 2.25 bits per heavy atom. The number of nitrogens with one attached hydrogen (secondary N) is 1. The van der Waals surface area contributed by atoms with Crippen LogP contribution in [0.5, 0.6) is 0 Å². The molecular weight excluding hydrogens is 86.2 g/mol. The molecule has 0 aromatic heterocycles. The molecule has 1 N–H and O–H groups in total. The second-order valence-corrected chi connectivity index (χ2v) is 2.47. The van der Waals surface area contributed by atoms with Gasteiger partial charge in [0.2, 0.25) is 0 Å². The van der Waals surface area contributed by atoms with Crippen molar-refractivity contribution in [3.8, 4) is 0 Å². The molecule has 0 rings (SSSR count). The molecule has 0 atom stereocenters. The summed E-state index contributed by atoms with van der Waals surface area (Å²) in [5.74, 6) is 0. The van der Waals surface area contributed by atoms with E-state index in [4.69, 9.17) is 5.05 Å². The quantitative estimate of drug-likeness (QED) is 0.387. The third-order valence-electron chi connectivity index (χ3n) is 0.118. The third-order valence-corrected chi connectivity index (χ3v) is 1.06. The summed E-state index contributed by atoms with van der Waals surface area (Å²) in [4.78, 5) is 0. The Morgan fingerprint density at radius 2 is 2.25 bits per heavy atom. The largest absolute Gasteiger partial charge is 0.602 e. The fourth-order valence-corrected chi connectivity index (χ4v) is 0. The van der Waals surface area contributed by atoms with E-state index in [0.717, 1.165) is 10.5 Å². The van der Waals surface area contributed by atoms with Crippen LogP contribution < -0.4 is 0 Å². The maximum Gasteiger partial charge on any atom is 0.314 e. The van der Waals surface area contributed by atoms with E-state index in [2.05, 4.69) is 4.12 Å². The van der Waals surface area contributed by atoms with E-state index in [9.17, 15) is 0 Å². The van der Waals surface area contributed by atoms with Gasteiger partial charge in [0, 0.05) is 0 Å². The van der Waals surface area contributed by atoms with Gasteiger partial charge in [-0.05, 0) is 0 Å². The Balaban J connectivity index is 2.30. The lowest BCUT2D eigenvalue weighted by Gasteiger charge is -1.72. The Labute approximate surface area is 30.2 Å². The van der Waals surface area contributed by atoms with Crippen LogP contribution >= 0.6 is 0 Å². The number of hydrogen-bond donors (Lipinski definition) is 1. The zero-order chi connectivity index (χ0) is 3.41. The lowest BCUT2D eigenvalue weighted by Crippen LogP contribution is -1.73. The normalized spacial score (nSPS) is 6.00. The summed E-state index contributed by atoms with van der Waals surface area (Å²) >= 11 is 0. The molecule has 0 fully saturated rings. The molecule has 0 saturated heterocycles. The van der Waals surface area contributed by atoms with Crippen LogP contribution in [0.25, 0.3) is 0 Å². The molecule has 4 heteroatoms. The van der Waals surface area contributed by atoms with Crippen LogP contribution in [0.4, 0.5) is 0 Å². The van der Waals surface area contributed by atoms with E-state index in [0.29, 0.717) is 0 Å². The molecule has 0 aliphatic rings. The van der Waals surface area contributed by atoms with E-state index >= 15 is 0 Å². The minimum Gasteiger partial charge on any atom is -0.602 e. The summed E-state index contributed by atoms with van der Waals surface area (Å²) in [6.07, 6.45) is 0. The van der Waals surface area contributed by atoms with Crippen molar-refractivity contribution < 1.29 is 4.12 Å². The molecule has 0 aromatic carbocycles. The number of hydrogen-bond acceptors (Lipinski definition) is 2. The van der Waals surface area contributed by atoms with Crippen molar-refractivity contribution in [1.29, 1.82) is 5.05 Å². The van der Waals surface area contributed by atoms with Gasteiger partial charge in [-0.2, -0.15) is 0 Å². The Bertz CT molecular complexity index is 20.0. The van der Waals surface area contributed by atoms with Gasteiger partial charge in [0.15, 0.2) is 10.5 Å². The Hall–Kier alpha value is 0.0338. The van der Waals surface area contributed by atoms with Crippen molar-refractivity contribution >= 4 is 20.0 Å². The average molecular weight is 91.2 g/mol. The molecule has 0 aromatic rings. The summed E-state index contributed by atoms with van der Waals surface area (Å²) in [6.45, 7) is 0. The first-order chi connectivity index (χ1) is 1.91. The first-order valence-electron chi connectivity index (χ1n) is 0.933. The first-order valence-corrected chi connectivity index (χ1v) is 2.80. The van der Waals surface area contributed by atoms with Crippen molar-refractivity contribution in [3.63, 3.8) is 0 Å². The van der Waals surface area contributed by atoms with E-state index < -0.39 is 9.56 Å². The highest BCUT2D eigenvalue weighted by atomic mass is 28.3. The predicted molar refractivity (Wildman–Crippen MR) is 20.9 cm³/mol. The topological polar surface area (TPSA) is 33.1 Å². The second-order valence-electron chi connectivity index (χ2n) is 0.354. The van der Waals surface area contributed by atoms with E-state index in [1.807, 2.05) is 0 Å². The highest BCUT2D eigenvalue weighted by Gasteiger charge is 1.42. The smallest absolute Gasteiger partial charge is 0.314 e. The van der Waals surface area contributed by atoms with E-state index in [1.165, 1.54) is 0 Å². The van der Waals surface area contributed by atoms with Gasteiger partial charge >= 0.3 is 9.56 Å². The molecule has 0 bridgehead atoms. The monoisotopic (exact) mass is 91.0 g/mol. The van der Waals surface area contributed by atoms with Gasteiger partial charge in [0.05, 0.1) is 0 Å². The van der Waals surface area contributed by atoms with Crippen LogP contribution in [-0.4, -0.2) is 20.0 Å². The van der Waals surface area contributed by atoms with Crippen LogP contribution in [0.15, 0.2) is 0 Å². The molecule has 0 unspecified atom stereocenters. The van der Waals surface area contributed by atoms with Gasteiger partial charge in [0.1, 0.15) is 0 Å². The molecule has 24 valence electrons.